The Kier molecular flexibility index (Phi) is 5.02. The lowest BCUT2D eigenvalue weighted by Crippen LogP contribution is -2.20. The van der Waals surface area contributed by atoms with Gasteiger partial charge in [0.05, 0.1) is 0 Å². The lowest BCUT2D eigenvalue weighted by Gasteiger charge is -2.10. The average molecular weight is 390 g/mol. The van der Waals surface area contributed by atoms with E-state index >= 15 is 0 Å². The van der Waals surface area contributed by atoms with E-state index in [-0.39, 0.29) is 5.56 Å². The zero-order valence-electron chi connectivity index (χ0n) is 15.1. The monoisotopic (exact) mass is 390 g/mol. The number of amides is 1. The first-order chi connectivity index (χ1) is 13.4. The van der Waals surface area contributed by atoms with E-state index in [1.807, 2.05) is 24.3 Å². The van der Waals surface area contributed by atoms with E-state index in [1.165, 1.54) is 30.5 Å². The van der Waals surface area contributed by atoms with Crippen LogP contribution in [0.3, 0.4) is 0 Å². The highest BCUT2D eigenvalue weighted by molar-refractivity contribution is 6.04. The van der Waals surface area contributed by atoms with Crippen molar-refractivity contribution in [2.75, 3.05) is 11.9 Å². The molecule has 2 N–H and O–H groups in total. The molecule has 0 radical (unpaired) electrons. The van der Waals surface area contributed by atoms with Crippen LogP contribution < -0.4 is 15.4 Å². The van der Waals surface area contributed by atoms with Crippen LogP contribution in [0.5, 0.6) is 5.75 Å². The first kappa shape index (κ1) is 18.8. The van der Waals surface area contributed by atoms with Gasteiger partial charge in [-0.2, -0.15) is 0 Å². The fourth-order valence-electron chi connectivity index (χ4n) is 3.28. The molecule has 2 saturated carbocycles. The van der Waals surface area contributed by atoms with Crippen molar-refractivity contribution in [1.29, 1.82) is 0 Å². The van der Waals surface area contributed by atoms with E-state index in [0.717, 1.165) is 31.0 Å². The molecule has 1 amide bonds. The summed E-state index contributed by atoms with van der Waals surface area (Å²) in [5.74, 6) is 0.461. The Labute approximate surface area is 161 Å². The van der Waals surface area contributed by atoms with E-state index in [0.29, 0.717) is 17.6 Å². The fraction of sp³-hybridized carbons (Fsp3) is 0.381. The van der Waals surface area contributed by atoms with Gasteiger partial charge in [-0.15, -0.1) is 13.2 Å². The van der Waals surface area contributed by atoms with E-state index in [9.17, 15) is 18.0 Å². The van der Waals surface area contributed by atoms with Crippen molar-refractivity contribution in [2.45, 2.75) is 37.6 Å². The molecule has 2 fully saturated rings. The lowest BCUT2D eigenvalue weighted by atomic mass is 10.1. The standard InChI is InChI=1S/C21H21F3N2O2/c22-21(23,24)28-17-3-1-2-15(10-17)20(27)26-16-8-6-14(7-9-16)18-11-19(18)25-12-13-4-5-13/h1-3,6-10,13,18-19,25H,4-5,11-12H2,(H,26,27)/t18-,19+/m0/s1. The molecule has 0 heterocycles. The summed E-state index contributed by atoms with van der Waals surface area (Å²) in [5, 5.41) is 6.30. The van der Waals surface area contributed by atoms with Crippen LogP contribution in [0, 0.1) is 5.92 Å². The van der Waals surface area contributed by atoms with Gasteiger partial charge < -0.3 is 15.4 Å². The van der Waals surface area contributed by atoms with Crippen molar-refractivity contribution in [3.05, 3.63) is 59.7 Å². The summed E-state index contributed by atoms with van der Waals surface area (Å²) in [5.41, 5.74) is 1.92. The number of halogens is 3. The smallest absolute Gasteiger partial charge is 0.406 e. The third-order valence-corrected chi connectivity index (χ3v) is 5.08. The molecule has 2 aromatic rings. The molecular weight excluding hydrogens is 369 g/mol. The van der Waals surface area contributed by atoms with Crippen LogP contribution in [0.1, 0.15) is 41.1 Å². The number of carbonyl (C=O) groups is 1. The zero-order valence-corrected chi connectivity index (χ0v) is 15.1. The Morgan fingerprint density at radius 1 is 1.11 bits per heavy atom. The molecule has 2 aliphatic carbocycles. The van der Waals surface area contributed by atoms with Crippen molar-refractivity contribution < 1.29 is 22.7 Å². The third kappa shape index (κ3) is 5.04. The molecule has 0 aromatic heterocycles. The number of carbonyl (C=O) groups excluding carboxylic acids is 1. The lowest BCUT2D eigenvalue weighted by molar-refractivity contribution is -0.274. The van der Waals surface area contributed by atoms with Crippen LogP contribution >= 0.6 is 0 Å². The Morgan fingerprint density at radius 3 is 2.54 bits per heavy atom. The average Bonchev–Trinajstić information content (AvgIpc) is 3.54. The van der Waals surface area contributed by atoms with Crippen molar-refractivity contribution in [3.8, 4) is 5.75 Å². The summed E-state index contributed by atoms with van der Waals surface area (Å²) in [6.45, 7) is 1.10. The minimum absolute atomic E-state index is 0.0948. The molecule has 2 atom stereocenters. The molecule has 7 heteroatoms. The summed E-state index contributed by atoms with van der Waals surface area (Å²) in [4.78, 5) is 12.3. The highest BCUT2D eigenvalue weighted by Gasteiger charge is 2.38. The van der Waals surface area contributed by atoms with Crippen LogP contribution in [-0.2, 0) is 0 Å². The molecule has 0 bridgehead atoms. The van der Waals surface area contributed by atoms with Crippen molar-refractivity contribution in [1.82, 2.24) is 5.32 Å². The second kappa shape index (κ2) is 7.47. The van der Waals surface area contributed by atoms with Crippen molar-refractivity contribution in [3.63, 3.8) is 0 Å². The van der Waals surface area contributed by atoms with Gasteiger partial charge in [0, 0.05) is 23.2 Å². The minimum Gasteiger partial charge on any atom is -0.406 e. The Morgan fingerprint density at radius 2 is 1.86 bits per heavy atom. The predicted molar refractivity (Wildman–Crippen MR) is 99.4 cm³/mol. The normalized spacial score (nSPS) is 21.2. The maximum atomic E-state index is 12.3. The number of hydrogen-bond acceptors (Lipinski definition) is 3. The Bertz CT molecular complexity index is 847. The van der Waals surface area contributed by atoms with E-state index in [4.69, 9.17) is 0 Å². The first-order valence-electron chi connectivity index (χ1n) is 9.38. The number of anilines is 1. The van der Waals surface area contributed by atoms with Crippen LogP contribution in [0.2, 0.25) is 0 Å². The molecule has 2 aromatic carbocycles. The Balaban J connectivity index is 1.33. The van der Waals surface area contributed by atoms with E-state index in [1.54, 1.807) is 0 Å². The topological polar surface area (TPSA) is 50.4 Å². The number of alkyl halides is 3. The number of benzene rings is 2. The van der Waals surface area contributed by atoms with Gasteiger partial charge in [-0.3, -0.25) is 4.79 Å². The second-order valence-corrected chi connectivity index (χ2v) is 7.45. The SMILES string of the molecule is O=C(Nc1ccc([C@@H]2C[C@H]2NCC2CC2)cc1)c1cccc(OC(F)(F)F)c1. The van der Waals surface area contributed by atoms with Gasteiger partial charge in [0.15, 0.2) is 0 Å². The first-order valence-corrected chi connectivity index (χ1v) is 9.38. The molecule has 0 saturated heterocycles. The maximum Gasteiger partial charge on any atom is 0.573 e. The van der Waals surface area contributed by atoms with Gasteiger partial charge in [0.2, 0.25) is 0 Å². The quantitative estimate of drug-likeness (QED) is 0.721. The summed E-state index contributed by atoms with van der Waals surface area (Å²) >= 11 is 0. The van der Waals surface area contributed by atoms with Crippen LogP contribution in [0.25, 0.3) is 0 Å². The van der Waals surface area contributed by atoms with E-state index < -0.39 is 18.0 Å². The van der Waals surface area contributed by atoms with Gasteiger partial charge in [-0.25, -0.2) is 0 Å². The summed E-state index contributed by atoms with van der Waals surface area (Å²) in [6, 6.07) is 13.2. The molecule has 4 rings (SSSR count). The Hall–Kier alpha value is -2.54. The fourth-order valence-corrected chi connectivity index (χ4v) is 3.28. The van der Waals surface area contributed by atoms with Gasteiger partial charge in [0.1, 0.15) is 5.75 Å². The number of rotatable bonds is 7. The maximum absolute atomic E-state index is 12.3. The second-order valence-electron chi connectivity index (χ2n) is 7.45. The molecule has 4 nitrogen and oxygen atoms in total. The molecule has 148 valence electrons. The highest BCUT2D eigenvalue weighted by atomic mass is 19.4. The van der Waals surface area contributed by atoms with Crippen LogP contribution in [0.4, 0.5) is 18.9 Å². The number of ether oxygens (including phenoxy) is 1. The number of nitrogens with one attached hydrogen (secondary N) is 2. The van der Waals surface area contributed by atoms with Crippen LogP contribution in [-0.4, -0.2) is 24.9 Å². The van der Waals surface area contributed by atoms with Crippen molar-refractivity contribution >= 4 is 11.6 Å². The summed E-state index contributed by atoms with van der Waals surface area (Å²) < 4.78 is 40.8. The van der Waals surface area contributed by atoms with Gasteiger partial charge >= 0.3 is 6.36 Å². The summed E-state index contributed by atoms with van der Waals surface area (Å²) in [6.07, 6.45) is -0.989. The molecule has 0 unspecified atom stereocenters. The largest absolute Gasteiger partial charge is 0.573 e. The minimum atomic E-state index is -4.79. The molecule has 0 aliphatic heterocycles. The van der Waals surface area contributed by atoms with Gasteiger partial charge in [-0.05, 0) is 67.6 Å². The number of hydrogen-bond donors (Lipinski definition) is 2. The van der Waals surface area contributed by atoms with Gasteiger partial charge in [-0.1, -0.05) is 18.2 Å². The van der Waals surface area contributed by atoms with Crippen LogP contribution in [0.15, 0.2) is 48.5 Å². The summed E-state index contributed by atoms with van der Waals surface area (Å²) in [7, 11) is 0. The van der Waals surface area contributed by atoms with E-state index in [2.05, 4.69) is 15.4 Å². The van der Waals surface area contributed by atoms with Crippen molar-refractivity contribution in [2.24, 2.45) is 5.92 Å². The molecule has 0 spiro atoms. The van der Waals surface area contributed by atoms with Gasteiger partial charge in [0.25, 0.3) is 5.91 Å². The molecule has 2 aliphatic rings. The molecule has 28 heavy (non-hydrogen) atoms. The molecular formula is C21H21F3N2O2. The zero-order chi connectivity index (χ0) is 19.7. The predicted octanol–water partition coefficient (Wildman–Crippen LogP) is 4.69. The highest BCUT2D eigenvalue weighted by Crippen LogP contribution is 2.42. The third-order valence-electron chi connectivity index (χ3n) is 5.08.